The fraction of sp³-hybridized carbons (Fsp3) is 0.167. The van der Waals surface area contributed by atoms with E-state index in [0.29, 0.717) is 11.3 Å². The molecule has 0 fully saturated rings. The second kappa shape index (κ2) is 5.25. The van der Waals surface area contributed by atoms with Crippen molar-refractivity contribution in [2.45, 2.75) is 6.92 Å². The minimum absolute atomic E-state index is 0.403. The van der Waals surface area contributed by atoms with Crippen LogP contribution in [0.3, 0.4) is 0 Å². The van der Waals surface area contributed by atoms with Crippen LogP contribution in [-0.4, -0.2) is 25.7 Å². The first kappa shape index (κ1) is 13.9. The van der Waals surface area contributed by atoms with Crippen LogP contribution in [0.1, 0.15) is 21.6 Å². The van der Waals surface area contributed by atoms with E-state index in [9.17, 15) is 19.5 Å². The molecule has 0 aliphatic rings. The molecule has 0 saturated carbocycles. The SMILES string of the molecule is Cc1nn(C)cc1/C=C/C(=O)c1c(O)sc(=O)[nH]c1=O. The maximum absolute atomic E-state index is 11.9. The molecule has 0 aliphatic carbocycles. The van der Waals surface area contributed by atoms with Crippen molar-refractivity contribution in [3.8, 4) is 5.06 Å². The normalized spacial score (nSPS) is 11.1. The van der Waals surface area contributed by atoms with E-state index in [1.807, 2.05) is 4.98 Å². The van der Waals surface area contributed by atoms with Gasteiger partial charge in [-0.1, -0.05) is 0 Å². The average molecular weight is 293 g/mol. The molecule has 2 heterocycles. The summed E-state index contributed by atoms with van der Waals surface area (Å²) in [6, 6.07) is 0. The average Bonchev–Trinajstić information content (AvgIpc) is 2.63. The van der Waals surface area contributed by atoms with E-state index in [0.717, 1.165) is 17.3 Å². The summed E-state index contributed by atoms with van der Waals surface area (Å²) >= 11 is 0.403. The fourth-order valence-electron chi connectivity index (χ4n) is 1.66. The Morgan fingerprint density at radius 2 is 2.20 bits per heavy atom. The van der Waals surface area contributed by atoms with Crippen LogP contribution in [0, 0.1) is 6.92 Å². The van der Waals surface area contributed by atoms with Crippen LogP contribution in [0.2, 0.25) is 0 Å². The third-order valence-corrected chi connectivity index (χ3v) is 3.24. The van der Waals surface area contributed by atoms with Crippen LogP contribution in [0.25, 0.3) is 6.08 Å². The number of aromatic amines is 1. The van der Waals surface area contributed by atoms with Gasteiger partial charge in [-0.25, -0.2) is 0 Å². The molecule has 7 nitrogen and oxygen atoms in total. The first-order valence-electron chi connectivity index (χ1n) is 5.57. The van der Waals surface area contributed by atoms with Crippen molar-refractivity contribution < 1.29 is 9.90 Å². The standard InChI is InChI=1S/C12H11N3O4S/c1-6-7(5-15(2)14-6)3-4-8(16)9-10(17)13-12(19)20-11(9)18/h3-5,18H,1-2H3,(H,13,17,19)/b4-3+. The lowest BCUT2D eigenvalue weighted by atomic mass is 10.1. The van der Waals surface area contributed by atoms with E-state index < -0.39 is 26.8 Å². The number of ketones is 1. The summed E-state index contributed by atoms with van der Waals surface area (Å²) in [5, 5.41) is 13.0. The van der Waals surface area contributed by atoms with Gasteiger partial charge in [0.25, 0.3) is 5.56 Å². The molecule has 0 saturated heterocycles. The van der Waals surface area contributed by atoms with Gasteiger partial charge in [-0.3, -0.25) is 24.0 Å². The highest BCUT2D eigenvalue weighted by Gasteiger charge is 2.15. The fourth-order valence-corrected chi connectivity index (χ4v) is 2.28. The summed E-state index contributed by atoms with van der Waals surface area (Å²) in [6.45, 7) is 1.78. The molecule has 0 spiro atoms. The van der Waals surface area contributed by atoms with Gasteiger partial charge in [0.1, 0.15) is 5.56 Å². The maximum atomic E-state index is 11.9. The third-order valence-electron chi connectivity index (χ3n) is 2.56. The minimum atomic E-state index is -0.899. The van der Waals surface area contributed by atoms with E-state index in [1.54, 1.807) is 24.9 Å². The molecule has 0 aromatic carbocycles. The number of carbonyl (C=O) groups is 1. The zero-order valence-electron chi connectivity index (χ0n) is 10.7. The van der Waals surface area contributed by atoms with Gasteiger partial charge in [0.2, 0.25) is 0 Å². The Morgan fingerprint density at radius 3 is 2.75 bits per heavy atom. The van der Waals surface area contributed by atoms with Crippen molar-refractivity contribution in [3.05, 3.63) is 49.1 Å². The highest BCUT2D eigenvalue weighted by Crippen LogP contribution is 2.16. The predicted octanol–water partition coefficient (Wildman–Crippen LogP) is 0.440. The highest BCUT2D eigenvalue weighted by atomic mass is 32.1. The number of H-pyrrole nitrogens is 1. The molecule has 2 aromatic heterocycles. The minimum Gasteiger partial charge on any atom is -0.499 e. The molecular weight excluding hydrogens is 282 g/mol. The van der Waals surface area contributed by atoms with Gasteiger partial charge < -0.3 is 5.11 Å². The lowest BCUT2D eigenvalue weighted by Gasteiger charge is -1.96. The van der Waals surface area contributed by atoms with Crippen LogP contribution in [0.15, 0.2) is 21.9 Å². The van der Waals surface area contributed by atoms with Gasteiger partial charge in [0.05, 0.1) is 5.69 Å². The van der Waals surface area contributed by atoms with Crippen molar-refractivity contribution in [1.29, 1.82) is 0 Å². The second-order valence-electron chi connectivity index (χ2n) is 4.06. The number of rotatable bonds is 3. The summed E-state index contributed by atoms with van der Waals surface area (Å²) in [5.74, 6) is -0.678. The van der Waals surface area contributed by atoms with E-state index >= 15 is 0 Å². The number of nitrogens with zero attached hydrogens (tertiary/aromatic N) is 2. The molecule has 0 atom stereocenters. The molecule has 2 aromatic rings. The molecule has 0 unspecified atom stereocenters. The van der Waals surface area contributed by atoms with E-state index in [1.165, 1.54) is 6.08 Å². The predicted molar refractivity (Wildman–Crippen MR) is 74.2 cm³/mol. The Kier molecular flexibility index (Phi) is 3.66. The summed E-state index contributed by atoms with van der Waals surface area (Å²) in [4.78, 5) is 35.6. The molecule has 0 radical (unpaired) electrons. The molecule has 20 heavy (non-hydrogen) atoms. The van der Waals surface area contributed by atoms with Crippen LogP contribution >= 0.6 is 11.3 Å². The number of nitrogens with one attached hydrogen (secondary N) is 1. The molecule has 104 valence electrons. The van der Waals surface area contributed by atoms with Crippen LogP contribution in [-0.2, 0) is 7.05 Å². The Hall–Kier alpha value is -2.48. The lowest BCUT2D eigenvalue weighted by molar-refractivity contribution is 0.104. The zero-order chi connectivity index (χ0) is 14.9. The maximum Gasteiger partial charge on any atom is 0.310 e. The van der Waals surface area contributed by atoms with Crippen molar-refractivity contribution in [2.75, 3.05) is 0 Å². The summed E-state index contributed by atoms with van der Waals surface area (Å²) in [7, 11) is 1.75. The molecular formula is C12H11N3O4S. The van der Waals surface area contributed by atoms with Gasteiger partial charge in [-0.2, -0.15) is 5.10 Å². The molecule has 0 amide bonds. The van der Waals surface area contributed by atoms with Crippen LogP contribution in [0.5, 0.6) is 5.06 Å². The number of aromatic nitrogens is 3. The quantitative estimate of drug-likeness (QED) is 0.631. The summed E-state index contributed by atoms with van der Waals surface area (Å²) < 4.78 is 1.60. The highest BCUT2D eigenvalue weighted by molar-refractivity contribution is 7.11. The Labute approximate surface area is 116 Å². The smallest absolute Gasteiger partial charge is 0.310 e. The Bertz CT molecular complexity index is 813. The molecule has 0 aliphatic heterocycles. The second-order valence-corrected chi connectivity index (χ2v) is 5.03. The number of hydrogen-bond donors (Lipinski definition) is 2. The summed E-state index contributed by atoms with van der Waals surface area (Å²) in [6.07, 6.45) is 4.37. The van der Waals surface area contributed by atoms with Crippen LogP contribution in [0.4, 0.5) is 0 Å². The first-order chi connectivity index (χ1) is 9.38. The monoisotopic (exact) mass is 293 g/mol. The van der Waals surface area contributed by atoms with Crippen molar-refractivity contribution in [3.63, 3.8) is 0 Å². The van der Waals surface area contributed by atoms with E-state index in [4.69, 9.17) is 0 Å². The van der Waals surface area contributed by atoms with Crippen molar-refractivity contribution in [2.24, 2.45) is 7.05 Å². The van der Waals surface area contributed by atoms with E-state index in [-0.39, 0.29) is 0 Å². The van der Waals surface area contributed by atoms with Crippen molar-refractivity contribution in [1.82, 2.24) is 14.8 Å². The lowest BCUT2D eigenvalue weighted by Crippen LogP contribution is -2.22. The third kappa shape index (κ3) is 2.75. The molecule has 2 N–H and O–H groups in total. The van der Waals surface area contributed by atoms with Crippen molar-refractivity contribution >= 4 is 23.2 Å². The molecule has 0 bridgehead atoms. The number of hydrogen-bond acceptors (Lipinski definition) is 6. The molecule has 2 rings (SSSR count). The number of carbonyl (C=O) groups excluding carboxylic acids is 1. The van der Waals surface area contributed by atoms with Gasteiger partial charge in [0.15, 0.2) is 10.8 Å². The Balaban J connectivity index is 2.36. The van der Waals surface area contributed by atoms with Gasteiger partial charge in [-0.05, 0) is 30.4 Å². The number of allylic oxidation sites excluding steroid dienone is 1. The van der Waals surface area contributed by atoms with Crippen LogP contribution < -0.4 is 10.4 Å². The van der Waals surface area contributed by atoms with Gasteiger partial charge >= 0.3 is 4.87 Å². The van der Waals surface area contributed by atoms with Gasteiger partial charge in [0, 0.05) is 18.8 Å². The molecule has 8 heteroatoms. The summed E-state index contributed by atoms with van der Waals surface area (Å²) in [5.41, 5.74) is 0.115. The topological polar surface area (TPSA) is 105 Å². The number of aryl methyl sites for hydroxylation is 2. The van der Waals surface area contributed by atoms with Gasteiger partial charge in [-0.15, -0.1) is 0 Å². The number of aromatic hydroxyl groups is 1. The zero-order valence-corrected chi connectivity index (χ0v) is 11.5. The largest absolute Gasteiger partial charge is 0.499 e. The van der Waals surface area contributed by atoms with E-state index in [2.05, 4.69) is 5.10 Å². The first-order valence-corrected chi connectivity index (χ1v) is 6.39. The Morgan fingerprint density at radius 1 is 1.50 bits per heavy atom.